The monoisotopic (exact) mass is 235 g/mol. The highest BCUT2D eigenvalue weighted by Crippen LogP contribution is 2.18. The molecule has 2 rings (SSSR count). The van der Waals surface area contributed by atoms with Crippen molar-refractivity contribution in [2.24, 2.45) is 0 Å². The van der Waals surface area contributed by atoms with Gasteiger partial charge in [-0.1, -0.05) is 0 Å². The van der Waals surface area contributed by atoms with Crippen LogP contribution in [0.3, 0.4) is 0 Å². The molecule has 0 aliphatic carbocycles. The molecule has 2 heterocycles. The van der Waals surface area contributed by atoms with Gasteiger partial charge in [0.05, 0.1) is 12.8 Å². The Labute approximate surface area is 99.9 Å². The number of rotatable bonds is 6. The van der Waals surface area contributed by atoms with Gasteiger partial charge in [-0.2, -0.15) is 0 Å². The number of H-pyrrole nitrogens is 1. The van der Waals surface area contributed by atoms with Crippen LogP contribution in [-0.2, 0) is 6.54 Å². The van der Waals surface area contributed by atoms with E-state index >= 15 is 0 Å². The molecular formula is C12H17N3O2. The number of furan rings is 1. The first-order valence-corrected chi connectivity index (χ1v) is 5.69. The minimum atomic E-state index is -0.566. The summed E-state index contributed by atoms with van der Waals surface area (Å²) in [7, 11) is 0. The zero-order valence-corrected chi connectivity index (χ0v) is 9.76. The van der Waals surface area contributed by atoms with Crippen LogP contribution < -0.4 is 5.32 Å². The molecule has 0 amide bonds. The fraction of sp³-hybridized carbons (Fsp3) is 0.417. The van der Waals surface area contributed by atoms with Crippen LogP contribution in [0.2, 0.25) is 0 Å². The maximum absolute atomic E-state index is 9.88. The lowest BCUT2D eigenvalue weighted by molar-refractivity contribution is 0.128. The van der Waals surface area contributed by atoms with Crippen molar-refractivity contribution in [2.45, 2.75) is 32.0 Å². The van der Waals surface area contributed by atoms with Crippen LogP contribution in [-0.4, -0.2) is 21.1 Å². The van der Waals surface area contributed by atoms with E-state index < -0.39 is 6.10 Å². The van der Waals surface area contributed by atoms with E-state index in [1.807, 2.05) is 6.92 Å². The van der Waals surface area contributed by atoms with Crippen molar-refractivity contribution in [2.75, 3.05) is 0 Å². The average Bonchev–Trinajstić information content (AvgIpc) is 2.99. The van der Waals surface area contributed by atoms with Crippen molar-refractivity contribution >= 4 is 0 Å². The summed E-state index contributed by atoms with van der Waals surface area (Å²) in [6, 6.07) is 3.74. The number of imidazole rings is 1. The summed E-state index contributed by atoms with van der Waals surface area (Å²) in [5, 5.41) is 13.2. The number of nitrogens with zero attached hydrogens (tertiary/aromatic N) is 1. The molecule has 2 aromatic heterocycles. The van der Waals surface area contributed by atoms with E-state index in [-0.39, 0.29) is 6.04 Å². The predicted octanol–water partition coefficient (Wildman–Crippen LogP) is 1.60. The smallest absolute Gasteiger partial charge is 0.132 e. The fourth-order valence-electron chi connectivity index (χ4n) is 1.68. The highest BCUT2D eigenvalue weighted by Gasteiger charge is 2.14. The number of nitrogens with one attached hydrogen (secondary N) is 2. The van der Waals surface area contributed by atoms with Gasteiger partial charge in [-0.3, -0.25) is 0 Å². The van der Waals surface area contributed by atoms with Crippen molar-refractivity contribution in [1.29, 1.82) is 0 Å². The van der Waals surface area contributed by atoms with Crippen LogP contribution in [0.25, 0.3) is 0 Å². The molecule has 0 aromatic carbocycles. The van der Waals surface area contributed by atoms with Crippen molar-refractivity contribution in [1.82, 2.24) is 15.3 Å². The molecule has 0 radical (unpaired) electrons. The van der Waals surface area contributed by atoms with E-state index in [1.54, 1.807) is 30.8 Å². The summed E-state index contributed by atoms with van der Waals surface area (Å²) in [6.07, 6.45) is 5.12. The van der Waals surface area contributed by atoms with Crippen molar-refractivity contribution in [3.63, 3.8) is 0 Å². The second-order valence-corrected chi connectivity index (χ2v) is 4.08. The van der Waals surface area contributed by atoms with Gasteiger partial charge in [0.25, 0.3) is 0 Å². The molecule has 0 aliphatic rings. The third kappa shape index (κ3) is 3.44. The Balaban J connectivity index is 1.75. The SMILES string of the molecule is CC(CC(O)c1ccco1)NCc1ncc[nH]1. The topological polar surface area (TPSA) is 74.1 Å². The van der Waals surface area contributed by atoms with Gasteiger partial charge in [-0.25, -0.2) is 4.98 Å². The van der Waals surface area contributed by atoms with Crippen LogP contribution in [0.15, 0.2) is 35.2 Å². The zero-order chi connectivity index (χ0) is 12.1. The minimum absolute atomic E-state index is 0.181. The highest BCUT2D eigenvalue weighted by atomic mass is 16.4. The van der Waals surface area contributed by atoms with E-state index in [9.17, 15) is 5.11 Å². The first kappa shape index (κ1) is 11.9. The number of hydrogen-bond acceptors (Lipinski definition) is 4. The molecule has 0 spiro atoms. The lowest BCUT2D eigenvalue weighted by Crippen LogP contribution is -2.27. The molecular weight excluding hydrogens is 218 g/mol. The number of aromatic amines is 1. The van der Waals surface area contributed by atoms with E-state index in [0.29, 0.717) is 18.7 Å². The predicted molar refractivity (Wildman–Crippen MR) is 63.2 cm³/mol. The molecule has 2 aromatic rings. The van der Waals surface area contributed by atoms with Crippen LogP contribution >= 0.6 is 0 Å². The maximum atomic E-state index is 9.88. The van der Waals surface area contributed by atoms with E-state index in [2.05, 4.69) is 15.3 Å². The molecule has 0 fully saturated rings. The first-order valence-electron chi connectivity index (χ1n) is 5.69. The number of hydrogen-bond donors (Lipinski definition) is 3. The van der Waals surface area contributed by atoms with E-state index in [4.69, 9.17) is 4.42 Å². The number of aliphatic hydroxyl groups is 1. The normalized spacial score (nSPS) is 14.7. The molecule has 0 bridgehead atoms. The lowest BCUT2D eigenvalue weighted by atomic mass is 10.1. The molecule has 0 aliphatic heterocycles. The number of aromatic nitrogens is 2. The maximum Gasteiger partial charge on any atom is 0.132 e. The summed E-state index contributed by atoms with van der Waals surface area (Å²) in [5.74, 6) is 1.50. The molecule has 2 unspecified atom stereocenters. The number of aliphatic hydroxyl groups excluding tert-OH is 1. The lowest BCUT2D eigenvalue weighted by Gasteiger charge is -2.15. The summed E-state index contributed by atoms with van der Waals surface area (Å²) in [5.41, 5.74) is 0. The molecule has 17 heavy (non-hydrogen) atoms. The van der Waals surface area contributed by atoms with Gasteiger partial charge in [0, 0.05) is 18.4 Å². The largest absolute Gasteiger partial charge is 0.467 e. The molecule has 0 saturated carbocycles. The van der Waals surface area contributed by atoms with Gasteiger partial charge in [0.2, 0.25) is 0 Å². The van der Waals surface area contributed by atoms with Crippen LogP contribution in [0.1, 0.15) is 31.0 Å². The van der Waals surface area contributed by atoms with Crippen LogP contribution in [0, 0.1) is 0 Å². The Hall–Kier alpha value is -1.59. The Morgan fingerprint density at radius 3 is 3.12 bits per heavy atom. The third-order valence-corrected chi connectivity index (χ3v) is 2.62. The van der Waals surface area contributed by atoms with Gasteiger partial charge in [0.1, 0.15) is 17.7 Å². The Morgan fingerprint density at radius 1 is 1.59 bits per heavy atom. The highest BCUT2D eigenvalue weighted by molar-refractivity contribution is 5.02. The van der Waals surface area contributed by atoms with Crippen LogP contribution in [0.4, 0.5) is 0 Å². The molecule has 3 N–H and O–H groups in total. The van der Waals surface area contributed by atoms with Gasteiger partial charge in [-0.15, -0.1) is 0 Å². The average molecular weight is 235 g/mol. The molecule has 5 nitrogen and oxygen atoms in total. The van der Waals surface area contributed by atoms with Crippen LogP contribution in [0.5, 0.6) is 0 Å². The summed E-state index contributed by atoms with van der Waals surface area (Å²) in [6.45, 7) is 2.69. The summed E-state index contributed by atoms with van der Waals surface area (Å²) >= 11 is 0. The fourth-order valence-corrected chi connectivity index (χ4v) is 1.68. The van der Waals surface area contributed by atoms with Crippen molar-refractivity contribution < 1.29 is 9.52 Å². The van der Waals surface area contributed by atoms with Gasteiger partial charge in [-0.05, 0) is 25.5 Å². The van der Waals surface area contributed by atoms with Gasteiger partial charge >= 0.3 is 0 Å². The Kier molecular flexibility index (Phi) is 3.95. The van der Waals surface area contributed by atoms with Gasteiger partial charge in [0.15, 0.2) is 0 Å². The second-order valence-electron chi connectivity index (χ2n) is 4.08. The molecule has 92 valence electrons. The molecule has 0 saturated heterocycles. The van der Waals surface area contributed by atoms with E-state index in [1.165, 1.54) is 0 Å². The van der Waals surface area contributed by atoms with E-state index in [0.717, 1.165) is 5.82 Å². The Morgan fingerprint density at radius 2 is 2.47 bits per heavy atom. The zero-order valence-electron chi connectivity index (χ0n) is 9.76. The summed E-state index contributed by atoms with van der Waals surface area (Å²) < 4.78 is 5.15. The molecule has 5 heteroatoms. The molecule has 2 atom stereocenters. The third-order valence-electron chi connectivity index (χ3n) is 2.62. The van der Waals surface area contributed by atoms with Gasteiger partial charge < -0.3 is 19.8 Å². The standard InChI is InChI=1S/C12H17N3O2/c1-9(15-8-12-13-4-5-14-12)7-10(16)11-3-2-6-17-11/h2-6,9-10,15-16H,7-8H2,1H3,(H,13,14). The minimum Gasteiger partial charge on any atom is -0.467 e. The quantitative estimate of drug-likeness (QED) is 0.711. The summed E-state index contributed by atoms with van der Waals surface area (Å²) in [4.78, 5) is 7.14. The first-order chi connectivity index (χ1) is 8.25. The van der Waals surface area contributed by atoms with Crippen molar-refractivity contribution in [3.05, 3.63) is 42.4 Å². The second kappa shape index (κ2) is 5.65. The Bertz CT molecular complexity index is 411. The van der Waals surface area contributed by atoms with Crippen molar-refractivity contribution in [3.8, 4) is 0 Å².